The zero-order valence-electron chi connectivity index (χ0n) is 13.4. The van der Waals surface area contributed by atoms with Gasteiger partial charge in [-0.25, -0.2) is 0 Å². The van der Waals surface area contributed by atoms with Crippen molar-refractivity contribution >= 4 is 5.91 Å². The first kappa shape index (κ1) is 15.8. The average Bonchev–Trinajstić information content (AvgIpc) is 2.46. The van der Waals surface area contributed by atoms with Gasteiger partial charge in [0.05, 0.1) is 0 Å². The van der Waals surface area contributed by atoms with Gasteiger partial charge in [0.1, 0.15) is 0 Å². The van der Waals surface area contributed by atoms with E-state index in [9.17, 15) is 4.79 Å². The summed E-state index contributed by atoms with van der Waals surface area (Å²) in [6.45, 7) is 7.89. The zero-order chi connectivity index (χ0) is 14.4. The minimum Gasteiger partial charge on any atom is -0.354 e. The van der Waals surface area contributed by atoms with E-state index >= 15 is 0 Å². The van der Waals surface area contributed by atoms with Crippen molar-refractivity contribution in [3.8, 4) is 0 Å². The maximum atomic E-state index is 11.1. The highest BCUT2D eigenvalue weighted by Crippen LogP contribution is 2.28. The first-order chi connectivity index (χ1) is 9.67. The van der Waals surface area contributed by atoms with Crippen LogP contribution in [0.2, 0.25) is 0 Å². The number of hydrogen-bond acceptors (Lipinski definition) is 2. The molecule has 1 amide bonds. The van der Waals surface area contributed by atoms with Gasteiger partial charge in [-0.3, -0.25) is 4.79 Å². The Hall–Kier alpha value is -0.570. The molecule has 0 aromatic heterocycles. The lowest BCUT2D eigenvalue weighted by atomic mass is 9.83. The second-order valence-electron chi connectivity index (χ2n) is 6.90. The normalized spacial score (nSPS) is 29.3. The summed E-state index contributed by atoms with van der Waals surface area (Å²) < 4.78 is 0. The Morgan fingerprint density at radius 1 is 1.05 bits per heavy atom. The summed E-state index contributed by atoms with van der Waals surface area (Å²) in [5.74, 6) is 2.01. The molecular weight excluding hydrogens is 248 g/mol. The third kappa shape index (κ3) is 5.08. The van der Waals surface area contributed by atoms with Gasteiger partial charge in [-0.2, -0.15) is 0 Å². The third-order valence-electron chi connectivity index (χ3n) is 5.39. The van der Waals surface area contributed by atoms with Crippen molar-refractivity contribution < 1.29 is 4.79 Å². The van der Waals surface area contributed by atoms with E-state index in [4.69, 9.17) is 0 Å². The first-order valence-electron chi connectivity index (χ1n) is 8.66. The Morgan fingerprint density at radius 2 is 1.70 bits per heavy atom. The molecule has 0 unspecified atom stereocenters. The molecule has 2 fully saturated rings. The van der Waals surface area contributed by atoms with Crippen LogP contribution >= 0.6 is 0 Å². The van der Waals surface area contributed by atoms with Crippen LogP contribution in [0.5, 0.6) is 0 Å². The number of nitrogens with one attached hydrogen (secondary N) is 1. The fourth-order valence-electron chi connectivity index (χ4n) is 3.87. The van der Waals surface area contributed by atoms with Gasteiger partial charge in [0.15, 0.2) is 0 Å². The van der Waals surface area contributed by atoms with Crippen LogP contribution in [0, 0.1) is 11.8 Å². The Morgan fingerprint density at radius 3 is 2.25 bits per heavy atom. The van der Waals surface area contributed by atoms with E-state index in [1.165, 1.54) is 71.0 Å². The van der Waals surface area contributed by atoms with Gasteiger partial charge in [-0.05, 0) is 76.4 Å². The standard InChI is InChI=1S/C17H32N2O/c1-3-15-8-11-19(12-9-15)13-10-16-4-6-17(7-5-16)18-14(2)20/h15-17H,3-13H2,1-2H3,(H,18,20). The molecule has 0 bridgehead atoms. The Labute approximate surface area is 124 Å². The van der Waals surface area contributed by atoms with Crippen molar-refractivity contribution in [1.82, 2.24) is 10.2 Å². The quantitative estimate of drug-likeness (QED) is 0.839. The van der Waals surface area contributed by atoms with Crippen molar-refractivity contribution in [2.24, 2.45) is 11.8 Å². The zero-order valence-corrected chi connectivity index (χ0v) is 13.4. The highest BCUT2D eigenvalue weighted by molar-refractivity contribution is 5.73. The second kappa shape index (κ2) is 8.02. The topological polar surface area (TPSA) is 32.3 Å². The Kier molecular flexibility index (Phi) is 6.34. The number of carbonyl (C=O) groups is 1. The maximum absolute atomic E-state index is 11.1. The fourth-order valence-corrected chi connectivity index (χ4v) is 3.87. The lowest BCUT2D eigenvalue weighted by molar-refractivity contribution is -0.119. The summed E-state index contributed by atoms with van der Waals surface area (Å²) in [7, 11) is 0. The maximum Gasteiger partial charge on any atom is 0.217 e. The van der Waals surface area contributed by atoms with Gasteiger partial charge < -0.3 is 10.2 Å². The van der Waals surface area contributed by atoms with Gasteiger partial charge in [0, 0.05) is 13.0 Å². The first-order valence-corrected chi connectivity index (χ1v) is 8.66. The summed E-state index contributed by atoms with van der Waals surface area (Å²) in [6, 6.07) is 0.448. The van der Waals surface area contributed by atoms with Crippen molar-refractivity contribution in [2.45, 2.75) is 71.3 Å². The van der Waals surface area contributed by atoms with Crippen LogP contribution < -0.4 is 5.32 Å². The summed E-state index contributed by atoms with van der Waals surface area (Å²) in [6.07, 6.45) is 10.5. The van der Waals surface area contributed by atoms with Crippen molar-refractivity contribution in [3.05, 3.63) is 0 Å². The molecule has 1 aliphatic carbocycles. The summed E-state index contributed by atoms with van der Waals surface area (Å²) in [4.78, 5) is 13.7. The summed E-state index contributed by atoms with van der Waals surface area (Å²) in [5, 5.41) is 3.07. The van der Waals surface area contributed by atoms with Crippen LogP contribution in [0.1, 0.15) is 65.2 Å². The molecule has 1 saturated carbocycles. The molecule has 2 rings (SSSR count). The molecule has 0 aromatic rings. The van der Waals surface area contributed by atoms with Crippen LogP contribution in [-0.2, 0) is 4.79 Å². The van der Waals surface area contributed by atoms with E-state index < -0.39 is 0 Å². The summed E-state index contributed by atoms with van der Waals surface area (Å²) >= 11 is 0. The molecule has 2 aliphatic rings. The minimum absolute atomic E-state index is 0.132. The third-order valence-corrected chi connectivity index (χ3v) is 5.39. The smallest absolute Gasteiger partial charge is 0.217 e. The molecular formula is C17H32N2O. The second-order valence-corrected chi connectivity index (χ2v) is 6.90. The number of likely N-dealkylation sites (tertiary alicyclic amines) is 1. The molecule has 0 atom stereocenters. The highest BCUT2D eigenvalue weighted by atomic mass is 16.1. The number of amides is 1. The van der Waals surface area contributed by atoms with Crippen molar-refractivity contribution in [2.75, 3.05) is 19.6 Å². The van der Waals surface area contributed by atoms with Crippen LogP contribution in [0.15, 0.2) is 0 Å². The number of hydrogen-bond donors (Lipinski definition) is 1. The predicted molar refractivity (Wildman–Crippen MR) is 83.6 cm³/mol. The Bertz CT molecular complexity index is 289. The largest absolute Gasteiger partial charge is 0.354 e. The average molecular weight is 280 g/mol. The van der Waals surface area contributed by atoms with Gasteiger partial charge in [0.2, 0.25) is 5.91 Å². The van der Waals surface area contributed by atoms with E-state index in [0.717, 1.165) is 11.8 Å². The van der Waals surface area contributed by atoms with Gasteiger partial charge >= 0.3 is 0 Å². The van der Waals surface area contributed by atoms with E-state index in [0.29, 0.717) is 6.04 Å². The molecule has 1 saturated heterocycles. The lowest BCUT2D eigenvalue weighted by Gasteiger charge is -2.34. The van der Waals surface area contributed by atoms with E-state index in [-0.39, 0.29) is 5.91 Å². The van der Waals surface area contributed by atoms with Crippen molar-refractivity contribution in [1.29, 1.82) is 0 Å². The van der Waals surface area contributed by atoms with Crippen LogP contribution in [0.4, 0.5) is 0 Å². The SMILES string of the molecule is CCC1CCN(CCC2CCC(NC(C)=O)CC2)CC1. The van der Waals surface area contributed by atoms with E-state index in [2.05, 4.69) is 17.1 Å². The van der Waals surface area contributed by atoms with Gasteiger partial charge in [-0.1, -0.05) is 13.3 Å². The molecule has 1 aliphatic heterocycles. The van der Waals surface area contributed by atoms with Gasteiger partial charge in [-0.15, -0.1) is 0 Å². The Balaban J connectivity index is 1.58. The van der Waals surface area contributed by atoms with Crippen LogP contribution in [0.3, 0.4) is 0 Å². The highest BCUT2D eigenvalue weighted by Gasteiger charge is 2.23. The molecule has 3 heteroatoms. The lowest BCUT2D eigenvalue weighted by Crippen LogP contribution is -2.38. The van der Waals surface area contributed by atoms with Crippen LogP contribution in [-0.4, -0.2) is 36.5 Å². The van der Waals surface area contributed by atoms with Crippen molar-refractivity contribution in [3.63, 3.8) is 0 Å². The fraction of sp³-hybridized carbons (Fsp3) is 0.941. The van der Waals surface area contributed by atoms with Crippen LogP contribution in [0.25, 0.3) is 0 Å². The molecule has 20 heavy (non-hydrogen) atoms. The number of piperidine rings is 1. The minimum atomic E-state index is 0.132. The molecule has 0 radical (unpaired) electrons. The number of nitrogens with zero attached hydrogens (tertiary/aromatic N) is 1. The molecule has 116 valence electrons. The summed E-state index contributed by atoms with van der Waals surface area (Å²) in [5.41, 5.74) is 0. The predicted octanol–water partition coefficient (Wildman–Crippen LogP) is 3.19. The van der Waals surface area contributed by atoms with Gasteiger partial charge in [0.25, 0.3) is 0 Å². The number of rotatable bonds is 5. The molecule has 1 N–H and O–H groups in total. The molecule has 0 spiro atoms. The molecule has 0 aromatic carbocycles. The monoisotopic (exact) mass is 280 g/mol. The van der Waals surface area contributed by atoms with E-state index in [1.807, 2.05) is 0 Å². The van der Waals surface area contributed by atoms with E-state index in [1.54, 1.807) is 6.92 Å². The number of carbonyl (C=O) groups excluding carboxylic acids is 1. The molecule has 3 nitrogen and oxygen atoms in total. The molecule has 1 heterocycles.